The van der Waals surface area contributed by atoms with Crippen molar-refractivity contribution in [3.05, 3.63) is 33.3 Å². The van der Waals surface area contributed by atoms with Crippen LogP contribution >= 0.6 is 34.5 Å². The Morgan fingerprint density at radius 2 is 2.00 bits per heavy atom. The molecule has 1 fully saturated rings. The maximum atomic E-state index is 12.3. The van der Waals surface area contributed by atoms with Crippen molar-refractivity contribution in [3.63, 3.8) is 0 Å². The number of hydrogen-bond acceptors (Lipinski definition) is 5. The predicted octanol–water partition coefficient (Wildman–Crippen LogP) is 3.14. The quantitative estimate of drug-likeness (QED) is 0.900. The molecule has 1 unspecified atom stereocenters. The Labute approximate surface area is 146 Å². The zero-order valence-corrected chi connectivity index (χ0v) is 14.4. The van der Waals surface area contributed by atoms with E-state index in [0.29, 0.717) is 20.9 Å². The average Bonchev–Trinajstić information content (AvgIpc) is 3.04. The summed E-state index contributed by atoms with van der Waals surface area (Å²) in [7, 11) is 0. The number of rotatable bonds is 3. The maximum absolute atomic E-state index is 12.3. The normalized spacial score (nSPS) is 17.6. The highest BCUT2D eigenvalue weighted by atomic mass is 35.5. The monoisotopic (exact) mass is 370 g/mol. The second-order valence-corrected chi connectivity index (χ2v) is 7.20. The van der Waals surface area contributed by atoms with Crippen LogP contribution in [-0.4, -0.2) is 28.6 Å². The molecule has 23 heavy (non-hydrogen) atoms. The zero-order valence-electron chi connectivity index (χ0n) is 12.0. The lowest BCUT2D eigenvalue weighted by Crippen LogP contribution is -2.28. The third-order valence-electron chi connectivity index (χ3n) is 3.41. The van der Waals surface area contributed by atoms with Crippen molar-refractivity contribution in [2.45, 2.75) is 13.3 Å². The van der Waals surface area contributed by atoms with E-state index < -0.39 is 5.92 Å². The molecule has 0 bridgehead atoms. The Morgan fingerprint density at radius 3 is 2.61 bits per heavy atom. The molecule has 1 saturated heterocycles. The third-order valence-corrected chi connectivity index (χ3v) is 4.60. The van der Waals surface area contributed by atoms with Crippen molar-refractivity contribution in [2.24, 2.45) is 5.92 Å². The van der Waals surface area contributed by atoms with Gasteiger partial charge in [-0.3, -0.25) is 9.59 Å². The molecular formula is C14H12Cl2N4O2S. The van der Waals surface area contributed by atoms with Gasteiger partial charge in [0.05, 0.1) is 5.92 Å². The summed E-state index contributed by atoms with van der Waals surface area (Å²) in [5, 5.41) is 12.5. The molecular weight excluding hydrogens is 359 g/mol. The summed E-state index contributed by atoms with van der Waals surface area (Å²) in [6, 6.07) is 4.90. The minimum atomic E-state index is -0.454. The number of anilines is 2. The fraction of sp³-hybridized carbons (Fsp3) is 0.286. The summed E-state index contributed by atoms with van der Waals surface area (Å²) in [5.74, 6) is -0.841. The zero-order chi connectivity index (χ0) is 16.6. The van der Waals surface area contributed by atoms with Crippen LogP contribution in [0.25, 0.3) is 0 Å². The topological polar surface area (TPSA) is 75.2 Å². The van der Waals surface area contributed by atoms with Crippen LogP contribution in [0.1, 0.15) is 11.4 Å². The number of hydrogen-bond donors (Lipinski definition) is 1. The van der Waals surface area contributed by atoms with Crippen LogP contribution in [-0.2, 0) is 9.59 Å². The van der Waals surface area contributed by atoms with Gasteiger partial charge in [0.1, 0.15) is 5.01 Å². The lowest BCUT2D eigenvalue weighted by molar-refractivity contribution is -0.122. The van der Waals surface area contributed by atoms with E-state index in [-0.39, 0.29) is 24.8 Å². The van der Waals surface area contributed by atoms with Crippen molar-refractivity contribution >= 4 is 57.2 Å². The van der Waals surface area contributed by atoms with Gasteiger partial charge in [-0.05, 0) is 25.1 Å². The second kappa shape index (κ2) is 6.43. The number of nitrogens with zero attached hydrogens (tertiary/aromatic N) is 3. The summed E-state index contributed by atoms with van der Waals surface area (Å²) in [4.78, 5) is 26.0. The van der Waals surface area contributed by atoms with Gasteiger partial charge in [-0.15, -0.1) is 10.2 Å². The first-order valence-corrected chi connectivity index (χ1v) is 8.37. The van der Waals surface area contributed by atoms with Gasteiger partial charge < -0.3 is 10.2 Å². The average molecular weight is 371 g/mol. The van der Waals surface area contributed by atoms with Crippen LogP contribution in [0.2, 0.25) is 10.0 Å². The second-order valence-electron chi connectivity index (χ2n) is 5.15. The van der Waals surface area contributed by atoms with Gasteiger partial charge in [0.15, 0.2) is 0 Å². The van der Waals surface area contributed by atoms with E-state index in [0.717, 1.165) is 5.01 Å². The Hall–Kier alpha value is -1.70. The number of carbonyl (C=O) groups is 2. The molecule has 0 saturated carbocycles. The van der Waals surface area contributed by atoms with Crippen LogP contribution in [0.15, 0.2) is 18.2 Å². The van der Waals surface area contributed by atoms with Gasteiger partial charge in [0.2, 0.25) is 16.9 Å². The fourth-order valence-corrected chi connectivity index (χ4v) is 3.49. The number of aryl methyl sites for hydroxylation is 1. The Kier molecular flexibility index (Phi) is 4.52. The van der Waals surface area contributed by atoms with E-state index in [9.17, 15) is 9.59 Å². The maximum Gasteiger partial charge on any atom is 0.231 e. The van der Waals surface area contributed by atoms with E-state index in [2.05, 4.69) is 15.5 Å². The van der Waals surface area contributed by atoms with Crippen molar-refractivity contribution < 1.29 is 9.59 Å². The van der Waals surface area contributed by atoms with Crippen molar-refractivity contribution in [1.82, 2.24) is 10.2 Å². The summed E-state index contributed by atoms with van der Waals surface area (Å²) < 4.78 is 0. The molecule has 0 radical (unpaired) electrons. The molecule has 2 amide bonds. The van der Waals surface area contributed by atoms with Gasteiger partial charge in [-0.25, -0.2) is 0 Å². The SMILES string of the molecule is Cc1nnc(NC(=O)C2CC(=O)N(c3cc(Cl)cc(Cl)c3)C2)s1. The highest BCUT2D eigenvalue weighted by Gasteiger charge is 2.35. The number of benzene rings is 1. The lowest BCUT2D eigenvalue weighted by atomic mass is 10.1. The highest BCUT2D eigenvalue weighted by molar-refractivity contribution is 7.15. The van der Waals surface area contributed by atoms with Crippen LogP contribution in [0.5, 0.6) is 0 Å². The van der Waals surface area contributed by atoms with Gasteiger partial charge in [-0.2, -0.15) is 0 Å². The summed E-state index contributed by atoms with van der Waals surface area (Å²) in [6.45, 7) is 2.08. The largest absolute Gasteiger partial charge is 0.311 e. The van der Waals surface area contributed by atoms with E-state index in [1.165, 1.54) is 16.2 Å². The van der Waals surface area contributed by atoms with Crippen molar-refractivity contribution in [2.75, 3.05) is 16.8 Å². The first-order valence-electron chi connectivity index (χ1n) is 6.80. The number of carbonyl (C=O) groups excluding carboxylic acids is 2. The molecule has 1 aromatic heterocycles. The Balaban J connectivity index is 1.72. The molecule has 1 aromatic carbocycles. The molecule has 0 spiro atoms. The number of aromatic nitrogens is 2. The molecule has 2 heterocycles. The summed E-state index contributed by atoms with van der Waals surface area (Å²) in [5.41, 5.74) is 0.592. The smallest absolute Gasteiger partial charge is 0.231 e. The first-order chi connectivity index (χ1) is 10.9. The van der Waals surface area contributed by atoms with Gasteiger partial charge in [0, 0.05) is 28.7 Å². The number of halogens is 2. The molecule has 1 aliphatic heterocycles. The minimum Gasteiger partial charge on any atom is -0.311 e. The predicted molar refractivity (Wildman–Crippen MR) is 90.2 cm³/mol. The molecule has 0 aliphatic carbocycles. The molecule has 1 aliphatic rings. The van der Waals surface area contributed by atoms with E-state index >= 15 is 0 Å². The first kappa shape index (κ1) is 16.2. The molecule has 9 heteroatoms. The Bertz CT molecular complexity index is 760. The van der Waals surface area contributed by atoms with E-state index in [1.807, 2.05) is 0 Å². The fourth-order valence-electron chi connectivity index (χ4n) is 2.38. The number of nitrogens with one attached hydrogen (secondary N) is 1. The highest BCUT2D eigenvalue weighted by Crippen LogP contribution is 2.30. The third kappa shape index (κ3) is 3.63. The minimum absolute atomic E-state index is 0.133. The van der Waals surface area contributed by atoms with Crippen LogP contribution in [0.4, 0.5) is 10.8 Å². The summed E-state index contributed by atoms with van der Waals surface area (Å²) >= 11 is 13.2. The molecule has 1 atom stereocenters. The molecule has 3 rings (SSSR count). The van der Waals surface area contributed by atoms with Crippen molar-refractivity contribution in [3.8, 4) is 0 Å². The van der Waals surface area contributed by atoms with Gasteiger partial charge in [-0.1, -0.05) is 34.5 Å². The lowest BCUT2D eigenvalue weighted by Gasteiger charge is -2.17. The molecule has 6 nitrogen and oxygen atoms in total. The van der Waals surface area contributed by atoms with Crippen molar-refractivity contribution in [1.29, 1.82) is 0 Å². The molecule has 120 valence electrons. The molecule has 1 N–H and O–H groups in total. The van der Waals surface area contributed by atoms with Gasteiger partial charge in [0.25, 0.3) is 0 Å². The van der Waals surface area contributed by atoms with Crippen LogP contribution < -0.4 is 10.2 Å². The Morgan fingerprint density at radius 1 is 1.30 bits per heavy atom. The van der Waals surface area contributed by atoms with Gasteiger partial charge >= 0.3 is 0 Å². The van der Waals surface area contributed by atoms with Crippen LogP contribution in [0.3, 0.4) is 0 Å². The summed E-state index contributed by atoms with van der Waals surface area (Å²) in [6.07, 6.45) is 0.133. The van der Waals surface area contributed by atoms with E-state index in [1.54, 1.807) is 25.1 Å². The molecule has 2 aromatic rings. The standard InChI is InChI=1S/C14H12Cl2N4O2S/c1-7-18-19-14(23-7)17-13(22)8-2-12(21)20(6-8)11-4-9(15)3-10(16)5-11/h3-5,8H,2,6H2,1H3,(H,17,19,22). The number of amides is 2. The van der Waals surface area contributed by atoms with Crippen LogP contribution in [0, 0.1) is 12.8 Å². The van der Waals surface area contributed by atoms with E-state index in [4.69, 9.17) is 23.2 Å².